The molecule has 2 nitrogen and oxygen atoms in total. The second-order valence-electron chi connectivity index (χ2n) is 3.25. The fraction of sp³-hybridized carbons (Fsp3) is 0.182. The maximum Gasteiger partial charge on any atom is 0.311 e. The Morgan fingerprint density at radius 1 is 1.43 bits per heavy atom. The number of hydrogen-bond acceptors (Lipinski definition) is 2. The maximum atomic E-state index is 10.8. The molecule has 0 bridgehead atoms. The molecular formula is C11H10O2S. The van der Waals surface area contributed by atoms with E-state index in [1.165, 1.54) is 0 Å². The first-order valence-corrected chi connectivity index (χ1v) is 5.21. The van der Waals surface area contributed by atoms with Crippen LogP contribution < -0.4 is 0 Å². The van der Waals surface area contributed by atoms with Gasteiger partial charge in [0.1, 0.15) is 0 Å². The van der Waals surface area contributed by atoms with Crippen LogP contribution in [0.25, 0.3) is 10.1 Å². The highest BCUT2D eigenvalue weighted by Gasteiger charge is 2.15. The van der Waals surface area contributed by atoms with Crippen molar-refractivity contribution >= 4 is 27.4 Å². The van der Waals surface area contributed by atoms with Crippen molar-refractivity contribution in [2.75, 3.05) is 0 Å². The van der Waals surface area contributed by atoms with Gasteiger partial charge in [0.2, 0.25) is 0 Å². The molecule has 2 rings (SSSR count). The molecule has 0 saturated heterocycles. The van der Waals surface area contributed by atoms with Crippen LogP contribution in [-0.4, -0.2) is 11.1 Å². The van der Waals surface area contributed by atoms with Crippen molar-refractivity contribution in [3.63, 3.8) is 0 Å². The van der Waals surface area contributed by atoms with Gasteiger partial charge in [-0.05, 0) is 24.4 Å². The van der Waals surface area contributed by atoms with Crippen LogP contribution in [0, 0.1) is 0 Å². The number of aliphatic carboxylic acids is 1. The summed E-state index contributed by atoms with van der Waals surface area (Å²) in [6, 6.07) is 9.90. The van der Waals surface area contributed by atoms with Gasteiger partial charge in [-0.15, -0.1) is 11.3 Å². The lowest BCUT2D eigenvalue weighted by Gasteiger charge is -1.99. The van der Waals surface area contributed by atoms with Crippen LogP contribution in [0.15, 0.2) is 30.3 Å². The number of carboxylic acids is 1. The second kappa shape index (κ2) is 3.42. The maximum absolute atomic E-state index is 10.8. The van der Waals surface area contributed by atoms with Crippen molar-refractivity contribution in [3.8, 4) is 0 Å². The molecule has 0 fully saturated rings. The van der Waals surface area contributed by atoms with Gasteiger partial charge in [-0.3, -0.25) is 4.79 Å². The van der Waals surface area contributed by atoms with Crippen molar-refractivity contribution in [3.05, 3.63) is 35.2 Å². The van der Waals surface area contributed by atoms with E-state index in [0.717, 1.165) is 15.0 Å². The van der Waals surface area contributed by atoms with E-state index < -0.39 is 11.9 Å². The first kappa shape index (κ1) is 9.21. The highest BCUT2D eigenvalue weighted by atomic mass is 32.1. The minimum atomic E-state index is -0.767. The Balaban J connectivity index is 2.50. The number of carbonyl (C=O) groups is 1. The number of hydrogen-bond donors (Lipinski definition) is 1. The zero-order valence-electron chi connectivity index (χ0n) is 7.73. The van der Waals surface area contributed by atoms with E-state index in [2.05, 4.69) is 0 Å². The van der Waals surface area contributed by atoms with Gasteiger partial charge in [-0.25, -0.2) is 0 Å². The predicted molar refractivity (Wildman–Crippen MR) is 57.9 cm³/mol. The summed E-state index contributed by atoms with van der Waals surface area (Å²) in [4.78, 5) is 11.7. The Labute approximate surface area is 85.8 Å². The lowest BCUT2D eigenvalue weighted by atomic mass is 10.1. The van der Waals surface area contributed by atoms with Crippen LogP contribution in [0.4, 0.5) is 0 Å². The lowest BCUT2D eigenvalue weighted by molar-refractivity contribution is -0.138. The quantitative estimate of drug-likeness (QED) is 0.819. The smallest absolute Gasteiger partial charge is 0.311 e. The molecule has 1 N–H and O–H groups in total. The van der Waals surface area contributed by atoms with E-state index in [1.807, 2.05) is 30.3 Å². The topological polar surface area (TPSA) is 37.3 Å². The highest BCUT2D eigenvalue weighted by Crippen LogP contribution is 2.30. The third-order valence-corrected chi connectivity index (χ3v) is 3.54. The van der Waals surface area contributed by atoms with Crippen molar-refractivity contribution in [1.29, 1.82) is 0 Å². The van der Waals surface area contributed by atoms with Crippen LogP contribution >= 0.6 is 11.3 Å². The Bertz CT molecular complexity index is 440. The minimum Gasteiger partial charge on any atom is -0.481 e. The summed E-state index contributed by atoms with van der Waals surface area (Å²) in [6.07, 6.45) is 0. The number of fused-ring (bicyclic) bond motifs is 1. The van der Waals surface area contributed by atoms with Gasteiger partial charge in [0.15, 0.2) is 0 Å². The SMILES string of the molecule is CC(C(=O)O)c1cc2ccccc2s1. The van der Waals surface area contributed by atoms with Crippen LogP contribution in [0.3, 0.4) is 0 Å². The van der Waals surface area contributed by atoms with Crippen LogP contribution in [-0.2, 0) is 4.79 Å². The zero-order valence-corrected chi connectivity index (χ0v) is 8.54. The van der Waals surface area contributed by atoms with Crippen molar-refractivity contribution in [1.82, 2.24) is 0 Å². The largest absolute Gasteiger partial charge is 0.481 e. The number of carboxylic acid groups (broad SMARTS) is 1. The van der Waals surface area contributed by atoms with Gasteiger partial charge in [-0.1, -0.05) is 18.2 Å². The van der Waals surface area contributed by atoms with Gasteiger partial charge in [0.25, 0.3) is 0 Å². The van der Waals surface area contributed by atoms with Gasteiger partial charge in [0, 0.05) is 9.58 Å². The average Bonchev–Trinajstić information content (AvgIpc) is 2.59. The van der Waals surface area contributed by atoms with Gasteiger partial charge >= 0.3 is 5.97 Å². The molecule has 0 aliphatic rings. The summed E-state index contributed by atoms with van der Waals surface area (Å²) in [5.41, 5.74) is 0. The van der Waals surface area contributed by atoms with Crippen LogP contribution in [0.5, 0.6) is 0 Å². The molecule has 72 valence electrons. The van der Waals surface area contributed by atoms with Crippen LogP contribution in [0.2, 0.25) is 0 Å². The van der Waals surface area contributed by atoms with E-state index in [9.17, 15) is 4.79 Å². The Morgan fingerprint density at radius 3 is 2.79 bits per heavy atom. The molecule has 0 spiro atoms. The molecule has 14 heavy (non-hydrogen) atoms. The Morgan fingerprint density at radius 2 is 2.14 bits per heavy atom. The van der Waals surface area contributed by atoms with Crippen molar-refractivity contribution in [2.45, 2.75) is 12.8 Å². The van der Waals surface area contributed by atoms with E-state index in [0.29, 0.717) is 0 Å². The first-order chi connectivity index (χ1) is 6.68. The molecule has 0 aliphatic carbocycles. The summed E-state index contributed by atoms with van der Waals surface area (Å²) >= 11 is 1.55. The molecule has 1 unspecified atom stereocenters. The van der Waals surface area contributed by atoms with Crippen LogP contribution in [0.1, 0.15) is 17.7 Å². The minimum absolute atomic E-state index is 0.410. The van der Waals surface area contributed by atoms with Crippen molar-refractivity contribution < 1.29 is 9.90 Å². The van der Waals surface area contributed by atoms with Gasteiger partial charge in [-0.2, -0.15) is 0 Å². The standard InChI is InChI=1S/C11H10O2S/c1-7(11(12)13)10-6-8-4-2-3-5-9(8)14-10/h2-7H,1H3,(H,12,13). The molecule has 0 aliphatic heterocycles. The molecule has 1 atom stereocenters. The van der Waals surface area contributed by atoms with E-state index in [1.54, 1.807) is 18.3 Å². The highest BCUT2D eigenvalue weighted by molar-refractivity contribution is 7.19. The second-order valence-corrected chi connectivity index (χ2v) is 4.36. The normalized spacial score (nSPS) is 12.9. The molecule has 1 heterocycles. The van der Waals surface area contributed by atoms with E-state index >= 15 is 0 Å². The molecular weight excluding hydrogens is 196 g/mol. The Hall–Kier alpha value is -1.35. The lowest BCUT2D eigenvalue weighted by Crippen LogP contribution is -2.04. The molecule has 0 amide bonds. The average molecular weight is 206 g/mol. The predicted octanol–water partition coefficient (Wildman–Crippen LogP) is 3.09. The summed E-state index contributed by atoms with van der Waals surface area (Å²) in [7, 11) is 0. The molecule has 0 saturated carbocycles. The number of rotatable bonds is 2. The summed E-state index contributed by atoms with van der Waals surface area (Å²) in [5.74, 6) is -1.18. The monoisotopic (exact) mass is 206 g/mol. The van der Waals surface area contributed by atoms with E-state index in [4.69, 9.17) is 5.11 Å². The van der Waals surface area contributed by atoms with E-state index in [-0.39, 0.29) is 0 Å². The third kappa shape index (κ3) is 1.51. The number of benzene rings is 1. The van der Waals surface area contributed by atoms with Gasteiger partial charge in [0.05, 0.1) is 5.92 Å². The zero-order chi connectivity index (χ0) is 10.1. The molecule has 1 aromatic heterocycles. The molecule has 2 aromatic rings. The third-order valence-electron chi connectivity index (χ3n) is 2.24. The summed E-state index contributed by atoms with van der Waals surface area (Å²) in [6.45, 7) is 1.72. The first-order valence-electron chi connectivity index (χ1n) is 4.40. The molecule has 1 aromatic carbocycles. The fourth-order valence-electron chi connectivity index (χ4n) is 1.34. The summed E-state index contributed by atoms with van der Waals surface area (Å²) < 4.78 is 1.15. The fourth-order valence-corrected chi connectivity index (χ4v) is 2.45. The molecule has 3 heteroatoms. The summed E-state index contributed by atoms with van der Waals surface area (Å²) in [5, 5.41) is 9.99. The number of thiophene rings is 1. The Kier molecular flexibility index (Phi) is 2.25. The molecule has 0 radical (unpaired) electrons. The van der Waals surface area contributed by atoms with Crippen molar-refractivity contribution in [2.24, 2.45) is 0 Å². The van der Waals surface area contributed by atoms with Gasteiger partial charge < -0.3 is 5.11 Å².